The first-order valence-corrected chi connectivity index (χ1v) is 6.60. The lowest BCUT2D eigenvalue weighted by atomic mass is 10.1. The van der Waals surface area contributed by atoms with E-state index in [1.54, 1.807) is 6.20 Å². The third-order valence-corrected chi connectivity index (χ3v) is 3.29. The van der Waals surface area contributed by atoms with Crippen molar-refractivity contribution >= 4 is 11.6 Å². The van der Waals surface area contributed by atoms with Gasteiger partial charge < -0.3 is 5.32 Å². The first-order chi connectivity index (χ1) is 8.77. The predicted octanol–water partition coefficient (Wildman–Crippen LogP) is 3.28. The molecule has 1 heterocycles. The predicted molar refractivity (Wildman–Crippen MR) is 74.7 cm³/mol. The molecular weight excluding hydrogens is 246 g/mol. The third-order valence-electron chi connectivity index (χ3n) is 2.95. The van der Waals surface area contributed by atoms with Crippen LogP contribution in [0, 0.1) is 0 Å². The van der Waals surface area contributed by atoms with E-state index in [2.05, 4.69) is 23.4 Å². The van der Waals surface area contributed by atoms with Crippen LogP contribution in [0.25, 0.3) is 0 Å². The Morgan fingerprint density at radius 1 is 1.33 bits per heavy atom. The molecule has 1 N–H and O–H groups in total. The highest BCUT2D eigenvalue weighted by Gasteiger charge is 2.07. The average molecular weight is 264 g/mol. The Kier molecular flexibility index (Phi) is 4.79. The topological polar surface area (TPSA) is 29.9 Å². The number of halogens is 1. The molecule has 1 aromatic heterocycles. The van der Waals surface area contributed by atoms with Crippen molar-refractivity contribution in [1.29, 1.82) is 0 Å². The summed E-state index contributed by atoms with van der Waals surface area (Å²) in [5, 5.41) is 8.47. The van der Waals surface area contributed by atoms with Gasteiger partial charge in [-0.2, -0.15) is 5.10 Å². The Morgan fingerprint density at radius 3 is 2.89 bits per heavy atom. The second kappa shape index (κ2) is 6.57. The van der Waals surface area contributed by atoms with E-state index in [0.29, 0.717) is 0 Å². The van der Waals surface area contributed by atoms with Gasteiger partial charge in [-0.25, -0.2) is 0 Å². The quantitative estimate of drug-likeness (QED) is 0.811. The van der Waals surface area contributed by atoms with Crippen molar-refractivity contribution in [2.75, 3.05) is 6.54 Å². The molecule has 0 saturated heterocycles. The molecule has 0 saturated carbocycles. The van der Waals surface area contributed by atoms with Crippen molar-refractivity contribution < 1.29 is 0 Å². The van der Waals surface area contributed by atoms with E-state index in [4.69, 9.17) is 11.6 Å². The van der Waals surface area contributed by atoms with E-state index in [1.807, 2.05) is 35.1 Å². The molecule has 1 unspecified atom stereocenters. The SMILES string of the molecule is CC(NCCCn1cccn1)c1ccccc1Cl. The molecule has 0 spiro atoms. The fourth-order valence-electron chi connectivity index (χ4n) is 1.93. The van der Waals surface area contributed by atoms with Gasteiger partial charge in [-0.05, 0) is 37.6 Å². The summed E-state index contributed by atoms with van der Waals surface area (Å²) in [6.45, 7) is 4.02. The molecule has 0 aliphatic carbocycles. The highest BCUT2D eigenvalue weighted by atomic mass is 35.5. The number of rotatable bonds is 6. The smallest absolute Gasteiger partial charge is 0.0489 e. The maximum absolute atomic E-state index is 6.16. The lowest BCUT2D eigenvalue weighted by Gasteiger charge is -2.15. The molecular formula is C14H18ClN3. The van der Waals surface area contributed by atoms with Gasteiger partial charge in [-0.3, -0.25) is 4.68 Å². The van der Waals surface area contributed by atoms with Gasteiger partial charge in [0, 0.05) is 30.0 Å². The van der Waals surface area contributed by atoms with Gasteiger partial charge in [-0.15, -0.1) is 0 Å². The molecule has 4 heteroatoms. The molecule has 1 aromatic carbocycles. The normalized spacial score (nSPS) is 12.6. The van der Waals surface area contributed by atoms with Crippen LogP contribution in [0.3, 0.4) is 0 Å². The third kappa shape index (κ3) is 3.59. The van der Waals surface area contributed by atoms with Crippen LogP contribution in [-0.2, 0) is 6.54 Å². The van der Waals surface area contributed by atoms with Gasteiger partial charge >= 0.3 is 0 Å². The minimum atomic E-state index is 0.274. The number of nitrogens with one attached hydrogen (secondary N) is 1. The van der Waals surface area contributed by atoms with Gasteiger partial charge in [0.15, 0.2) is 0 Å². The van der Waals surface area contributed by atoms with Gasteiger partial charge in [0.05, 0.1) is 0 Å². The van der Waals surface area contributed by atoms with Crippen LogP contribution in [0.1, 0.15) is 24.9 Å². The summed E-state index contributed by atoms with van der Waals surface area (Å²) in [5.74, 6) is 0. The monoisotopic (exact) mass is 263 g/mol. The number of benzene rings is 1. The van der Waals surface area contributed by atoms with Crippen LogP contribution in [0.4, 0.5) is 0 Å². The molecule has 2 rings (SSSR count). The highest BCUT2D eigenvalue weighted by molar-refractivity contribution is 6.31. The largest absolute Gasteiger partial charge is 0.310 e. The van der Waals surface area contributed by atoms with Crippen LogP contribution in [0.2, 0.25) is 5.02 Å². The summed E-state index contributed by atoms with van der Waals surface area (Å²) in [6.07, 6.45) is 4.84. The van der Waals surface area contributed by atoms with Crippen LogP contribution >= 0.6 is 11.6 Å². The number of nitrogens with zero attached hydrogens (tertiary/aromatic N) is 2. The molecule has 2 aromatic rings. The summed E-state index contributed by atoms with van der Waals surface area (Å²) in [4.78, 5) is 0. The van der Waals surface area contributed by atoms with E-state index in [1.165, 1.54) is 0 Å². The molecule has 0 aliphatic heterocycles. The van der Waals surface area contributed by atoms with Crippen molar-refractivity contribution in [3.63, 3.8) is 0 Å². The lowest BCUT2D eigenvalue weighted by molar-refractivity contribution is 0.507. The van der Waals surface area contributed by atoms with Gasteiger partial charge in [0.1, 0.15) is 0 Å². The maximum atomic E-state index is 6.16. The second-order valence-corrected chi connectivity index (χ2v) is 4.73. The maximum Gasteiger partial charge on any atom is 0.0489 e. The Hall–Kier alpha value is -1.32. The Balaban J connectivity index is 1.75. The van der Waals surface area contributed by atoms with Gasteiger partial charge in [-0.1, -0.05) is 29.8 Å². The van der Waals surface area contributed by atoms with Crippen LogP contribution < -0.4 is 5.32 Å². The lowest BCUT2D eigenvalue weighted by Crippen LogP contribution is -2.21. The van der Waals surface area contributed by atoms with Crippen LogP contribution in [0.5, 0.6) is 0 Å². The first-order valence-electron chi connectivity index (χ1n) is 6.22. The number of hydrogen-bond donors (Lipinski definition) is 1. The van der Waals surface area contributed by atoms with E-state index in [9.17, 15) is 0 Å². The van der Waals surface area contributed by atoms with E-state index in [-0.39, 0.29) is 6.04 Å². The number of aryl methyl sites for hydroxylation is 1. The molecule has 0 radical (unpaired) electrons. The first kappa shape index (κ1) is 13.1. The Bertz CT molecular complexity index is 468. The fourth-order valence-corrected chi connectivity index (χ4v) is 2.23. The average Bonchev–Trinajstić information content (AvgIpc) is 2.88. The molecule has 96 valence electrons. The van der Waals surface area contributed by atoms with Crippen LogP contribution in [-0.4, -0.2) is 16.3 Å². The Labute approximate surface area is 113 Å². The van der Waals surface area contributed by atoms with Crippen molar-refractivity contribution in [3.05, 3.63) is 53.3 Å². The van der Waals surface area contributed by atoms with Gasteiger partial charge in [0.2, 0.25) is 0 Å². The van der Waals surface area contributed by atoms with Crippen molar-refractivity contribution in [2.24, 2.45) is 0 Å². The summed E-state index contributed by atoms with van der Waals surface area (Å²) in [7, 11) is 0. The van der Waals surface area contributed by atoms with Crippen molar-refractivity contribution in [2.45, 2.75) is 25.9 Å². The summed E-state index contributed by atoms with van der Waals surface area (Å²) >= 11 is 6.16. The number of hydrogen-bond acceptors (Lipinski definition) is 2. The molecule has 18 heavy (non-hydrogen) atoms. The summed E-state index contributed by atoms with van der Waals surface area (Å²) < 4.78 is 1.95. The molecule has 0 bridgehead atoms. The molecule has 0 amide bonds. The molecule has 0 fully saturated rings. The van der Waals surface area contributed by atoms with E-state index in [0.717, 1.165) is 30.1 Å². The minimum Gasteiger partial charge on any atom is -0.310 e. The standard InChI is InChI=1S/C14H18ClN3/c1-12(13-6-2-3-7-14(13)15)16-8-4-10-18-11-5-9-17-18/h2-3,5-7,9,11-12,16H,4,8,10H2,1H3. The zero-order valence-electron chi connectivity index (χ0n) is 10.5. The number of aromatic nitrogens is 2. The van der Waals surface area contributed by atoms with E-state index < -0.39 is 0 Å². The Morgan fingerprint density at radius 2 is 2.17 bits per heavy atom. The molecule has 1 atom stereocenters. The fraction of sp³-hybridized carbons (Fsp3) is 0.357. The minimum absolute atomic E-state index is 0.274. The summed E-state index contributed by atoms with van der Waals surface area (Å²) in [6, 6.07) is 10.2. The molecule has 0 aliphatic rings. The van der Waals surface area contributed by atoms with E-state index >= 15 is 0 Å². The zero-order chi connectivity index (χ0) is 12.8. The zero-order valence-corrected chi connectivity index (χ0v) is 11.3. The summed E-state index contributed by atoms with van der Waals surface area (Å²) in [5.41, 5.74) is 1.15. The van der Waals surface area contributed by atoms with Crippen molar-refractivity contribution in [3.8, 4) is 0 Å². The van der Waals surface area contributed by atoms with Gasteiger partial charge in [0.25, 0.3) is 0 Å². The van der Waals surface area contributed by atoms with Crippen LogP contribution in [0.15, 0.2) is 42.7 Å². The highest BCUT2D eigenvalue weighted by Crippen LogP contribution is 2.21. The van der Waals surface area contributed by atoms with Crippen molar-refractivity contribution in [1.82, 2.24) is 15.1 Å². The second-order valence-electron chi connectivity index (χ2n) is 4.32. The molecule has 3 nitrogen and oxygen atoms in total.